The number of aryl methyl sites for hydroxylation is 1. The molecule has 1 amide bonds. The Labute approximate surface area is 171 Å². The summed E-state index contributed by atoms with van der Waals surface area (Å²) in [5.41, 5.74) is 2.76. The summed E-state index contributed by atoms with van der Waals surface area (Å²) in [6, 6.07) is 14.8. The van der Waals surface area contributed by atoms with Crippen LogP contribution in [0.5, 0.6) is 0 Å². The Bertz CT molecular complexity index is 946. The lowest BCUT2D eigenvalue weighted by molar-refractivity contribution is -0.126. The Morgan fingerprint density at radius 2 is 1.82 bits per heavy atom. The van der Waals surface area contributed by atoms with Gasteiger partial charge in [-0.15, -0.1) is 0 Å². The topological polar surface area (TPSA) is 66.5 Å². The molecule has 7 heteroatoms. The minimum absolute atomic E-state index is 0.0964. The molecular formula is C21H25ClN2O3S. The molecule has 150 valence electrons. The van der Waals surface area contributed by atoms with E-state index < -0.39 is 10.0 Å². The number of benzene rings is 2. The van der Waals surface area contributed by atoms with Crippen LogP contribution in [0.4, 0.5) is 0 Å². The summed E-state index contributed by atoms with van der Waals surface area (Å²) in [6.45, 7) is 3.11. The third kappa shape index (κ3) is 5.13. The molecule has 2 aromatic rings. The average Bonchev–Trinajstić information content (AvgIpc) is 2.69. The lowest BCUT2D eigenvalue weighted by Gasteiger charge is -2.31. The van der Waals surface area contributed by atoms with Crippen molar-refractivity contribution in [2.24, 2.45) is 5.92 Å². The van der Waals surface area contributed by atoms with E-state index in [2.05, 4.69) is 5.32 Å². The molecule has 0 aliphatic carbocycles. The van der Waals surface area contributed by atoms with E-state index in [1.807, 2.05) is 31.2 Å². The van der Waals surface area contributed by atoms with Gasteiger partial charge in [-0.25, -0.2) is 12.7 Å². The number of hydrogen-bond acceptors (Lipinski definition) is 3. The molecule has 0 saturated carbocycles. The zero-order valence-electron chi connectivity index (χ0n) is 15.9. The molecule has 0 spiro atoms. The first kappa shape index (κ1) is 20.8. The molecular weight excluding hydrogens is 396 g/mol. The predicted octanol–water partition coefficient (Wildman–Crippen LogP) is 3.51. The van der Waals surface area contributed by atoms with Gasteiger partial charge in [-0.05, 0) is 42.5 Å². The average molecular weight is 421 g/mol. The lowest BCUT2D eigenvalue weighted by Crippen LogP contribution is -2.45. The maximum atomic E-state index is 12.8. The Kier molecular flexibility index (Phi) is 6.75. The van der Waals surface area contributed by atoms with Crippen molar-refractivity contribution in [1.82, 2.24) is 9.62 Å². The highest BCUT2D eigenvalue weighted by Gasteiger charge is 2.32. The number of sulfonamides is 1. The van der Waals surface area contributed by atoms with Crippen molar-refractivity contribution in [2.45, 2.75) is 32.1 Å². The van der Waals surface area contributed by atoms with Crippen molar-refractivity contribution < 1.29 is 13.2 Å². The maximum absolute atomic E-state index is 12.8. The third-order valence-electron chi connectivity index (χ3n) is 5.16. The van der Waals surface area contributed by atoms with Gasteiger partial charge in [-0.2, -0.15) is 0 Å². The second-order valence-corrected chi connectivity index (χ2v) is 9.57. The van der Waals surface area contributed by atoms with Crippen molar-refractivity contribution in [3.63, 3.8) is 0 Å². The summed E-state index contributed by atoms with van der Waals surface area (Å²) in [4.78, 5) is 12.6. The maximum Gasteiger partial charge on any atom is 0.224 e. The van der Waals surface area contributed by atoms with Gasteiger partial charge >= 0.3 is 0 Å². The zero-order chi connectivity index (χ0) is 20.1. The van der Waals surface area contributed by atoms with Gasteiger partial charge in [0.2, 0.25) is 15.9 Å². The third-order valence-corrected chi connectivity index (χ3v) is 7.32. The van der Waals surface area contributed by atoms with E-state index in [1.165, 1.54) is 4.31 Å². The van der Waals surface area contributed by atoms with Gasteiger partial charge in [0, 0.05) is 24.7 Å². The number of carbonyl (C=O) groups is 1. The van der Waals surface area contributed by atoms with E-state index >= 15 is 0 Å². The summed E-state index contributed by atoms with van der Waals surface area (Å²) >= 11 is 6.11. The van der Waals surface area contributed by atoms with Crippen LogP contribution in [-0.2, 0) is 27.1 Å². The molecule has 3 rings (SSSR count). The van der Waals surface area contributed by atoms with Gasteiger partial charge in [0.25, 0.3) is 0 Å². The highest BCUT2D eigenvalue weighted by atomic mass is 35.5. The monoisotopic (exact) mass is 420 g/mol. The van der Waals surface area contributed by atoms with Gasteiger partial charge in [0.15, 0.2) is 0 Å². The summed E-state index contributed by atoms with van der Waals surface area (Å²) in [6.07, 6.45) is 1.36. The second kappa shape index (κ2) is 9.07. The van der Waals surface area contributed by atoms with Gasteiger partial charge in [-0.1, -0.05) is 54.1 Å². The normalized spacial score (nSPS) is 18.0. The molecule has 1 heterocycles. The molecule has 5 nitrogen and oxygen atoms in total. The molecule has 1 aliphatic rings. The largest absolute Gasteiger partial charge is 0.352 e. The Morgan fingerprint density at radius 3 is 2.54 bits per heavy atom. The molecule has 0 unspecified atom stereocenters. The highest BCUT2D eigenvalue weighted by molar-refractivity contribution is 7.88. The number of piperidine rings is 1. The van der Waals surface area contributed by atoms with Crippen molar-refractivity contribution in [3.8, 4) is 0 Å². The van der Waals surface area contributed by atoms with E-state index in [1.54, 1.807) is 24.3 Å². The van der Waals surface area contributed by atoms with Gasteiger partial charge in [0.1, 0.15) is 0 Å². The lowest BCUT2D eigenvalue weighted by atomic mass is 9.98. The van der Waals surface area contributed by atoms with E-state index in [0.717, 1.165) is 11.1 Å². The standard InChI is InChI=1S/C21H25ClN2O3S/c1-16-7-2-3-8-17(16)13-23-21(25)18-10-6-12-24(14-18)28(26,27)15-19-9-4-5-11-20(19)22/h2-5,7-9,11,18H,6,10,12-15H2,1H3,(H,23,25)/t18-/m1/s1. The van der Waals surface area contributed by atoms with Crippen molar-refractivity contribution >= 4 is 27.5 Å². The quantitative estimate of drug-likeness (QED) is 0.777. The first-order valence-corrected chi connectivity index (χ1v) is 11.4. The number of hydrogen-bond donors (Lipinski definition) is 1. The number of nitrogens with one attached hydrogen (secondary N) is 1. The van der Waals surface area contributed by atoms with Crippen LogP contribution in [0.1, 0.15) is 29.5 Å². The number of rotatable bonds is 6. The SMILES string of the molecule is Cc1ccccc1CNC(=O)[C@@H]1CCCN(S(=O)(=O)Cc2ccccc2Cl)C1. The van der Waals surface area contributed by atoms with Crippen molar-refractivity contribution in [1.29, 1.82) is 0 Å². The predicted molar refractivity (Wildman–Crippen MR) is 111 cm³/mol. The van der Waals surface area contributed by atoms with Crippen LogP contribution in [-0.4, -0.2) is 31.7 Å². The van der Waals surface area contributed by atoms with Crippen molar-refractivity contribution in [2.75, 3.05) is 13.1 Å². The first-order valence-electron chi connectivity index (χ1n) is 9.40. The van der Waals surface area contributed by atoms with Crippen LogP contribution in [0.15, 0.2) is 48.5 Å². The number of amides is 1. The fourth-order valence-electron chi connectivity index (χ4n) is 3.45. The summed E-state index contributed by atoms with van der Waals surface area (Å²) in [7, 11) is -3.53. The molecule has 0 radical (unpaired) electrons. The fourth-order valence-corrected chi connectivity index (χ4v) is 5.37. The molecule has 0 aromatic heterocycles. The van der Waals surface area contributed by atoms with Crippen LogP contribution in [0.25, 0.3) is 0 Å². The summed E-state index contributed by atoms with van der Waals surface area (Å²) in [5.74, 6) is -0.579. The molecule has 1 fully saturated rings. The van der Waals surface area contributed by atoms with Gasteiger partial charge in [-0.3, -0.25) is 4.79 Å². The van der Waals surface area contributed by atoms with Crippen LogP contribution in [0.2, 0.25) is 5.02 Å². The fraction of sp³-hybridized carbons (Fsp3) is 0.381. The molecule has 28 heavy (non-hydrogen) atoms. The highest BCUT2D eigenvalue weighted by Crippen LogP contribution is 2.24. The Hall–Kier alpha value is -1.89. The molecule has 1 N–H and O–H groups in total. The van der Waals surface area contributed by atoms with Gasteiger partial charge in [0.05, 0.1) is 11.7 Å². The number of nitrogens with zero attached hydrogens (tertiary/aromatic N) is 1. The summed E-state index contributed by atoms with van der Waals surface area (Å²) < 4.78 is 27.1. The minimum atomic E-state index is -3.53. The van der Waals surface area contributed by atoms with Crippen LogP contribution in [0.3, 0.4) is 0 Å². The van der Waals surface area contributed by atoms with Crippen LogP contribution in [0, 0.1) is 12.8 Å². The molecule has 0 bridgehead atoms. The Balaban J connectivity index is 1.62. The summed E-state index contributed by atoms with van der Waals surface area (Å²) in [5, 5.41) is 3.40. The smallest absolute Gasteiger partial charge is 0.224 e. The first-order chi connectivity index (χ1) is 13.4. The van der Waals surface area contributed by atoms with Crippen LogP contribution < -0.4 is 5.32 Å². The molecule has 1 aliphatic heterocycles. The van der Waals surface area contributed by atoms with Crippen LogP contribution >= 0.6 is 11.6 Å². The molecule has 2 aromatic carbocycles. The number of carbonyl (C=O) groups excluding carboxylic acids is 1. The van der Waals surface area contributed by atoms with E-state index in [-0.39, 0.29) is 24.1 Å². The zero-order valence-corrected chi connectivity index (χ0v) is 17.5. The van der Waals surface area contributed by atoms with E-state index in [4.69, 9.17) is 11.6 Å². The Morgan fingerprint density at radius 1 is 1.14 bits per heavy atom. The van der Waals surface area contributed by atoms with E-state index in [9.17, 15) is 13.2 Å². The van der Waals surface area contributed by atoms with E-state index in [0.29, 0.717) is 36.5 Å². The minimum Gasteiger partial charge on any atom is -0.352 e. The number of halogens is 1. The molecule has 1 atom stereocenters. The molecule has 1 saturated heterocycles. The van der Waals surface area contributed by atoms with Crippen molar-refractivity contribution in [3.05, 3.63) is 70.2 Å². The van der Waals surface area contributed by atoms with Gasteiger partial charge < -0.3 is 5.32 Å². The second-order valence-electron chi connectivity index (χ2n) is 7.19.